The summed E-state index contributed by atoms with van der Waals surface area (Å²) in [5, 5.41) is 2.94. The first kappa shape index (κ1) is 17.5. The van der Waals surface area contributed by atoms with Gasteiger partial charge < -0.3 is 10.1 Å². The van der Waals surface area contributed by atoms with Crippen LogP contribution in [0.5, 0.6) is 0 Å². The molecule has 0 aliphatic heterocycles. The van der Waals surface area contributed by atoms with E-state index in [0.29, 0.717) is 12.2 Å². The molecule has 1 heterocycles. The monoisotopic (exact) mass is 316 g/mol. The highest BCUT2D eigenvalue weighted by Gasteiger charge is 2.57. The number of pyridine rings is 1. The third-order valence-corrected chi connectivity index (χ3v) is 2.39. The van der Waals surface area contributed by atoms with Crippen LogP contribution in [0.25, 0.3) is 0 Å². The van der Waals surface area contributed by atoms with Gasteiger partial charge in [-0.15, -0.1) is 0 Å². The van der Waals surface area contributed by atoms with Gasteiger partial charge in [-0.25, -0.2) is 0 Å². The van der Waals surface area contributed by atoms with Crippen molar-refractivity contribution in [1.29, 1.82) is 0 Å². The average Bonchev–Trinajstić information content (AvgIpc) is 2.33. The van der Waals surface area contributed by atoms with E-state index in [1.807, 2.05) is 6.92 Å². The van der Waals surface area contributed by atoms with E-state index >= 15 is 0 Å². The summed E-state index contributed by atoms with van der Waals surface area (Å²) in [5.74, 6) is 0. The molecule has 0 atom stereocenters. The zero-order valence-electron chi connectivity index (χ0n) is 11.1. The summed E-state index contributed by atoms with van der Waals surface area (Å²) in [7, 11) is 0. The zero-order chi connectivity index (χ0) is 16.1. The molecule has 0 fully saturated rings. The highest BCUT2D eigenvalue weighted by Crippen LogP contribution is 2.36. The minimum absolute atomic E-state index is 0.0189. The molecular formula is C12H14F6N2O. The highest BCUT2D eigenvalue weighted by molar-refractivity contribution is 5.42. The summed E-state index contributed by atoms with van der Waals surface area (Å²) in [6.07, 6.45) is -12.8. The van der Waals surface area contributed by atoms with Gasteiger partial charge in [-0.2, -0.15) is 26.3 Å². The molecule has 21 heavy (non-hydrogen) atoms. The fraction of sp³-hybridized carbons (Fsp3) is 0.583. The lowest BCUT2D eigenvalue weighted by Crippen LogP contribution is -2.44. The Labute approximate surface area is 117 Å². The number of hydrogen-bond donors (Lipinski definition) is 1. The molecule has 9 heteroatoms. The van der Waals surface area contributed by atoms with Crippen molar-refractivity contribution in [1.82, 2.24) is 4.98 Å². The van der Waals surface area contributed by atoms with Crippen LogP contribution in [0.3, 0.4) is 0 Å². The standard InChI is InChI=1S/C12H14F6N2O/c1-2-4-19-8-3-5-20-9(6-8)7-21-10(11(13,14)15)12(16,17)18/h3,5-6,10H,2,4,7H2,1H3,(H,19,20). The van der Waals surface area contributed by atoms with Crippen LogP contribution in [0.1, 0.15) is 19.0 Å². The summed E-state index contributed by atoms with van der Waals surface area (Å²) < 4.78 is 77.7. The fourth-order valence-electron chi connectivity index (χ4n) is 1.48. The van der Waals surface area contributed by atoms with Gasteiger partial charge in [0.1, 0.15) is 0 Å². The van der Waals surface area contributed by atoms with Crippen molar-refractivity contribution in [2.24, 2.45) is 0 Å². The van der Waals surface area contributed by atoms with Crippen molar-refractivity contribution in [3.8, 4) is 0 Å². The lowest BCUT2D eigenvalue weighted by atomic mass is 10.3. The van der Waals surface area contributed by atoms with Crippen LogP contribution < -0.4 is 5.32 Å². The Hall–Kier alpha value is -1.51. The first-order valence-corrected chi connectivity index (χ1v) is 6.08. The zero-order valence-corrected chi connectivity index (χ0v) is 11.1. The largest absolute Gasteiger partial charge is 0.423 e. The number of ether oxygens (including phenoxy) is 1. The molecule has 0 saturated heterocycles. The molecule has 1 rings (SSSR count). The third-order valence-electron chi connectivity index (χ3n) is 2.39. The Morgan fingerprint density at radius 1 is 1.19 bits per heavy atom. The Balaban J connectivity index is 2.72. The number of halogens is 6. The van der Waals surface area contributed by atoms with Crippen molar-refractivity contribution in [3.63, 3.8) is 0 Å². The molecule has 0 spiro atoms. The van der Waals surface area contributed by atoms with Gasteiger partial charge in [0, 0.05) is 18.4 Å². The molecule has 0 bridgehead atoms. The Morgan fingerprint density at radius 2 is 1.81 bits per heavy atom. The van der Waals surface area contributed by atoms with Gasteiger partial charge in [-0.3, -0.25) is 4.98 Å². The lowest BCUT2D eigenvalue weighted by Gasteiger charge is -2.22. The fourth-order valence-corrected chi connectivity index (χ4v) is 1.48. The SMILES string of the molecule is CCCNc1ccnc(COC(C(F)(F)F)C(F)(F)F)c1. The lowest BCUT2D eigenvalue weighted by molar-refractivity contribution is -0.324. The van der Waals surface area contributed by atoms with Crippen LogP contribution in [-0.4, -0.2) is 30.0 Å². The second-order valence-electron chi connectivity index (χ2n) is 4.24. The summed E-state index contributed by atoms with van der Waals surface area (Å²) in [5.41, 5.74) is 0.538. The number of anilines is 1. The molecule has 3 nitrogen and oxygen atoms in total. The number of nitrogens with zero attached hydrogens (tertiary/aromatic N) is 1. The van der Waals surface area contributed by atoms with E-state index in [-0.39, 0.29) is 5.69 Å². The number of rotatable bonds is 6. The second-order valence-corrected chi connectivity index (χ2v) is 4.24. The number of aromatic nitrogens is 1. The molecule has 0 aromatic carbocycles. The van der Waals surface area contributed by atoms with Crippen LogP contribution >= 0.6 is 0 Å². The van der Waals surface area contributed by atoms with Gasteiger partial charge >= 0.3 is 12.4 Å². The smallest absolute Gasteiger partial charge is 0.385 e. The molecule has 0 amide bonds. The van der Waals surface area contributed by atoms with Crippen LogP contribution in [0, 0.1) is 0 Å². The Kier molecular flexibility index (Phi) is 5.82. The topological polar surface area (TPSA) is 34.2 Å². The predicted molar refractivity (Wildman–Crippen MR) is 63.7 cm³/mol. The maximum absolute atomic E-state index is 12.3. The molecule has 0 aliphatic carbocycles. The van der Waals surface area contributed by atoms with Crippen molar-refractivity contribution < 1.29 is 31.1 Å². The molecule has 0 radical (unpaired) electrons. The van der Waals surface area contributed by atoms with E-state index in [1.54, 1.807) is 6.07 Å². The molecule has 0 aliphatic rings. The van der Waals surface area contributed by atoms with E-state index in [4.69, 9.17) is 0 Å². The van der Waals surface area contributed by atoms with Crippen LogP contribution in [-0.2, 0) is 11.3 Å². The van der Waals surface area contributed by atoms with Crippen molar-refractivity contribution in [2.75, 3.05) is 11.9 Å². The van der Waals surface area contributed by atoms with Gasteiger partial charge in [0.25, 0.3) is 0 Å². The first-order chi connectivity index (χ1) is 9.64. The number of alkyl halides is 6. The number of hydrogen-bond acceptors (Lipinski definition) is 3. The summed E-state index contributed by atoms with van der Waals surface area (Å²) in [6, 6.07) is 2.91. The van der Waals surface area contributed by atoms with Gasteiger partial charge in [0.05, 0.1) is 12.3 Å². The molecule has 0 saturated carbocycles. The highest BCUT2D eigenvalue weighted by atomic mass is 19.4. The quantitative estimate of drug-likeness (QED) is 0.808. The van der Waals surface area contributed by atoms with Crippen LogP contribution in [0.4, 0.5) is 32.0 Å². The molecule has 1 aromatic heterocycles. The molecule has 120 valence electrons. The first-order valence-electron chi connectivity index (χ1n) is 6.08. The van der Waals surface area contributed by atoms with Gasteiger partial charge in [0.15, 0.2) is 0 Å². The maximum atomic E-state index is 12.3. The van der Waals surface area contributed by atoms with Crippen molar-refractivity contribution in [2.45, 2.75) is 38.4 Å². The van der Waals surface area contributed by atoms with E-state index in [0.717, 1.165) is 6.42 Å². The van der Waals surface area contributed by atoms with Crippen molar-refractivity contribution >= 4 is 5.69 Å². The minimum atomic E-state index is -5.52. The molecule has 1 aromatic rings. The van der Waals surface area contributed by atoms with Crippen molar-refractivity contribution in [3.05, 3.63) is 24.0 Å². The van der Waals surface area contributed by atoms with E-state index in [2.05, 4.69) is 15.0 Å². The van der Waals surface area contributed by atoms with Gasteiger partial charge in [-0.05, 0) is 18.6 Å². The average molecular weight is 316 g/mol. The molecule has 1 N–H and O–H groups in total. The third kappa shape index (κ3) is 5.78. The predicted octanol–water partition coefficient (Wildman–Crippen LogP) is 3.91. The second kappa shape index (κ2) is 6.97. The molecule has 0 unspecified atom stereocenters. The van der Waals surface area contributed by atoms with Gasteiger partial charge in [0.2, 0.25) is 6.10 Å². The van der Waals surface area contributed by atoms with E-state index < -0.39 is 25.1 Å². The maximum Gasteiger partial charge on any atom is 0.423 e. The van der Waals surface area contributed by atoms with E-state index in [1.165, 1.54) is 12.3 Å². The summed E-state index contributed by atoms with van der Waals surface area (Å²) in [4.78, 5) is 3.68. The minimum Gasteiger partial charge on any atom is -0.385 e. The Bertz CT molecular complexity index is 432. The molecular weight excluding hydrogens is 302 g/mol. The summed E-state index contributed by atoms with van der Waals surface area (Å²) >= 11 is 0. The van der Waals surface area contributed by atoms with Crippen LogP contribution in [0.2, 0.25) is 0 Å². The summed E-state index contributed by atoms with van der Waals surface area (Å²) in [6.45, 7) is 1.65. The number of nitrogens with one attached hydrogen (secondary N) is 1. The Morgan fingerprint density at radius 3 is 2.33 bits per heavy atom. The normalized spacial score (nSPS) is 12.8. The van der Waals surface area contributed by atoms with Gasteiger partial charge in [-0.1, -0.05) is 6.92 Å². The van der Waals surface area contributed by atoms with Crippen LogP contribution in [0.15, 0.2) is 18.3 Å². The van der Waals surface area contributed by atoms with E-state index in [9.17, 15) is 26.3 Å².